The molecule has 0 radical (unpaired) electrons. The Balaban J connectivity index is -0.0000000582. The number of nitrogens with two attached hydrogens (primary N) is 3. The molecule has 0 aromatic rings. The Morgan fingerprint density at radius 1 is 0.360 bits per heavy atom. The van der Waals surface area contributed by atoms with Crippen LogP contribution in [0, 0.1) is 27.1 Å². The van der Waals surface area contributed by atoms with Crippen LogP contribution in [0.15, 0.2) is 0 Å². The van der Waals surface area contributed by atoms with E-state index in [4.69, 9.17) is 55.5 Å². The zero-order valence-corrected chi connectivity index (χ0v) is 113. The number of aliphatic hydroxyl groups excluding tert-OH is 1. The number of nitrogens with zero attached hydrogens (tertiary/aromatic N) is 4. The molecule has 0 aliphatic carbocycles. The fraction of sp³-hybridized carbons (Fsp3) is 0.984. The van der Waals surface area contributed by atoms with Gasteiger partial charge in [-0.1, -0.05) is 229 Å². The summed E-state index contributed by atoms with van der Waals surface area (Å²) >= 11 is 0. The summed E-state index contributed by atoms with van der Waals surface area (Å²) in [7, 11) is 6.96. The summed E-state index contributed by atoms with van der Waals surface area (Å²) in [5.74, 6) is 1.89. The molecule has 23 nitrogen and oxygen atoms in total. The molecule has 1 amide bonds. The molecule has 1 aliphatic heterocycles. The van der Waals surface area contributed by atoms with Crippen LogP contribution in [0.2, 0.25) is 0 Å². The number of piperidine rings is 1. The molecule has 1 saturated heterocycles. The average Bonchev–Trinajstić information content (AvgIpc) is 0.867. The van der Waals surface area contributed by atoms with E-state index in [1.165, 1.54) is 96.6 Å². The van der Waals surface area contributed by atoms with Crippen molar-refractivity contribution >= 4 is 43.1 Å². The van der Waals surface area contributed by atoms with E-state index < -0.39 is 36.2 Å². The monoisotopic (exact) mass is 2230 g/mol. The third kappa shape index (κ3) is 245. The number of sulfone groups is 1. The van der Waals surface area contributed by atoms with Crippen molar-refractivity contribution in [2.24, 2.45) is 44.3 Å². The van der Waals surface area contributed by atoms with Crippen molar-refractivity contribution in [2.75, 3.05) is 178 Å². The van der Waals surface area contributed by atoms with E-state index in [1.54, 1.807) is 60.9 Å². The molecule has 26 heteroatoms. The molecule has 150 heavy (non-hydrogen) atoms. The Morgan fingerprint density at radius 3 is 0.827 bits per heavy atom. The minimum absolute atomic E-state index is 0. The fourth-order valence-corrected chi connectivity index (χ4v) is 9.74. The number of carbonyl (C=O) groups is 2. The summed E-state index contributed by atoms with van der Waals surface area (Å²) in [6, 6.07) is 0. The maximum Gasteiger partial charge on any atom is 0.227 e. The lowest BCUT2D eigenvalue weighted by Crippen LogP contribution is -2.40. The van der Waals surface area contributed by atoms with Gasteiger partial charge in [0.2, 0.25) is 5.91 Å². The van der Waals surface area contributed by atoms with Crippen LogP contribution in [-0.2, 0) is 74.2 Å². The predicted molar refractivity (Wildman–Crippen MR) is 690 cm³/mol. The number of ether oxygens (including phenoxy) is 7. The summed E-state index contributed by atoms with van der Waals surface area (Å²) in [5.41, 5.74) is 18.1. The van der Waals surface area contributed by atoms with Crippen LogP contribution in [-0.4, -0.2) is 296 Å². The second kappa shape index (κ2) is 107. The molecule has 940 valence electrons. The van der Waals surface area contributed by atoms with Gasteiger partial charge in [-0.2, -0.15) is 0 Å². The molecular formula is C124H297N9O14S3. The third-order valence-corrected chi connectivity index (χ3v) is 23.5. The Hall–Kier alpha value is -1.25. The molecule has 0 aromatic carbocycles. The molecule has 0 saturated carbocycles. The van der Waals surface area contributed by atoms with Gasteiger partial charge in [0.15, 0.2) is 9.84 Å². The number of ketones is 1. The molecule has 2 atom stereocenters. The first-order valence-corrected chi connectivity index (χ1v) is 59.2. The molecule has 2 unspecified atom stereocenters. The minimum atomic E-state index is -2.84. The molecule has 1 heterocycles. The van der Waals surface area contributed by atoms with E-state index in [0.717, 1.165) is 84.2 Å². The molecule has 1 aliphatic rings. The topological polar surface area (TPSA) is 302 Å². The number of methoxy groups -OCH3 is 2. The number of rotatable bonds is 31. The number of carbonyl (C=O) groups excluding carboxylic acids is 2. The number of likely N-dealkylation sites (N-methyl/N-ethyl adjacent to an activating group) is 1. The van der Waals surface area contributed by atoms with Crippen LogP contribution in [0.4, 0.5) is 0 Å². The Kier molecular flexibility index (Phi) is 144. The van der Waals surface area contributed by atoms with Gasteiger partial charge in [-0.3, -0.25) is 18.0 Å². The van der Waals surface area contributed by atoms with Gasteiger partial charge in [-0.15, -0.1) is 0 Å². The molecular weight excluding hydrogens is 1940 g/mol. The maximum atomic E-state index is 11.3. The lowest BCUT2D eigenvalue weighted by Gasteiger charge is -2.31. The quantitative estimate of drug-likeness (QED) is 0.0351. The van der Waals surface area contributed by atoms with Crippen molar-refractivity contribution in [3.63, 3.8) is 0 Å². The number of unbranched alkanes of at least 4 members (excludes halogenated alkanes) is 4. The first-order valence-electron chi connectivity index (χ1n) is 54.6. The van der Waals surface area contributed by atoms with Gasteiger partial charge < -0.3 is 85.7 Å². The maximum absolute atomic E-state index is 11.3. The normalized spacial score (nSPS) is 12.8. The number of hydrogen-bond donors (Lipinski definition) is 6. The Morgan fingerprint density at radius 2 is 0.633 bits per heavy atom. The zero-order valence-electron chi connectivity index (χ0n) is 110. The molecule has 9 N–H and O–H groups in total. The highest BCUT2D eigenvalue weighted by Gasteiger charge is 2.26. The minimum Gasteiger partial charge on any atom is -0.394 e. The van der Waals surface area contributed by atoms with E-state index in [-0.39, 0.29) is 122 Å². The number of aliphatic hydroxyl groups is 1. The smallest absolute Gasteiger partial charge is 0.227 e. The van der Waals surface area contributed by atoms with E-state index in [0.29, 0.717) is 59.4 Å². The predicted octanol–water partition coefficient (Wildman–Crippen LogP) is 31.4. The SMILES string of the molecule is C.C.C.C.C.C.CC(=O)C(C)(C)C.CC(C)(C)C.CC(C)(C)C.CC(C)(C)C.CC(C)(C)NCCN.CC(C)(C)OCCCN1CCCCC1.CC(C)(C)OCCO.CC(C)(C)S(=O)CCN.CC(C)(C)S(C)(=O)=O.CCCCN(C)C(C)(C)C.CCCCNC(C)(C)C.CCCCOC(C)(C)C.CCCCS(=O)C(C)(C)C.CN(C)C(=O)C(C)(C)C.CN(CCN)C(C)(C)C.COCCCOC(C)(C)C.COCCOC(C)(C)C. The molecule has 0 aromatic heterocycles. The highest BCUT2D eigenvalue weighted by molar-refractivity contribution is 7.92. The number of Topliss-reactive ketones (excluding diaryl/α,β-unsaturated/α-hetero) is 1. The number of hydrogen-bond acceptors (Lipinski definition) is 22. The first-order chi connectivity index (χ1) is 63.4. The zero-order chi connectivity index (χ0) is 119. The second-order valence-corrected chi connectivity index (χ2v) is 63.3. The van der Waals surface area contributed by atoms with Crippen molar-refractivity contribution < 1.29 is 64.7 Å². The van der Waals surface area contributed by atoms with Crippen LogP contribution in [0.25, 0.3) is 0 Å². The number of likely N-dealkylation sites (tertiary alicyclic amines) is 1. The van der Waals surface area contributed by atoms with Gasteiger partial charge in [0, 0.05) is 176 Å². The Bertz CT molecular complexity index is 2780. The summed E-state index contributed by atoms with van der Waals surface area (Å²) in [5, 5.41) is 15.0. The van der Waals surface area contributed by atoms with Crippen LogP contribution < -0.4 is 27.8 Å². The lowest BCUT2D eigenvalue weighted by molar-refractivity contribution is -0.136. The van der Waals surface area contributed by atoms with E-state index in [1.807, 2.05) is 125 Å². The van der Waals surface area contributed by atoms with Crippen molar-refractivity contribution in [1.82, 2.24) is 30.2 Å². The second-order valence-electron chi connectivity index (χ2n) is 55.9. The summed E-state index contributed by atoms with van der Waals surface area (Å²) < 4.78 is 79.8. The van der Waals surface area contributed by atoms with Gasteiger partial charge >= 0.3 is 0 Å². The molecule has 0 spiro atoms. The van der Waals surface area contributed by atoms with Crippen molar-refractivity contribution in [2.45, 2.75) is 601 Å². The Labute approximate surface area is 955 Å². The first kappa shape index (κ1) is 202. The van der Waals surface area contributed by atoms with Gasteiger partial charge in [0.05, 0.1) is 59.2 Å². The number of amides is 1. The summed E-state index contributed by atoms with van der Waals surface area (Å²) in [6.07, 6.45) is 17.4. The highest BCUT2D eigenvalue weighted by atomic mass is 32.2. The van der Waals surface area contributed by atoms with E-state index >= 15 is 0 Å². The van der Waals surface area contributed by atoms with E-state index in [9.17, 15) is 26.4 Å². The molecule has 1 fully saturated rings. The van der Waals surface area contributed by atoms with Crippen LogP contribution in [0.5, 0.6) is 0 Å². The van der Waals surface area contributed by atoms with Crippen LogP contribution >= 0.6 is 0 Å². The molecule has 1 rings (SSSR count). The van der Waals surface area contributed by atoms with Gasteiger partial charge in [0.1, 0.15) is 5.78 Å². The fourth-order valence-electron chi connectivity index (χ4n) is 7.75. The van der Waals surface area contributed by atoms with Crippen molar-refractivity contribution in [3.05, 3.63) is 0 Å². The van der Waals surface area contributed by atoms with Gasteiger partial charge in [0.25, 0.3) is 0 Å². The largest absolute Gasteiger partial charge is 0.394 e. The molecule has 0 bridgehead atoms. The van der Waals surface area contributed by atoms with Crippen molar-refractivity contribution in [1.29, 1.82) is 0 Å². The van der Waals surface area contributed by atoms with E-state index in [2.05, 4.69) is 296 Å². The van der Waals surface area contributed by atoms with Crippen LogP contribution in [0.3, 0.4) is 0 Å². The summed E-state index contributed by atoms with van der Waals surface area (Å²) in [4.78, 5) is 30.4. The third-order valence-electron chi connectivity index (χ3n) is 17.3. The van der Waals surface area contributed by atoms with Gasteiger partial charge in [-0.25, -0.2) is 8.42 Å². The highest BCUT2D eigenvalue weighted by Crippen LogP contribution is 2.20. The van der Waals surface area contributed by atoms with Crippen LogP contribution in [0.1, 0.15) is 537 Å². The van der Waals surface area contributed by atoms with Gasteiger partial charge in [-0.05, 0) is 364 Å². The van der Waals surface area contributed by atoms with Crippen molar-refractivity contribution in [3.8, 4) is 0 Å². The average molecular weight is 2230 g/mol. The number of nitrogens with one attached hydrogen (secondary N) is 2. The lowest BCUT2D eigenvalue weighted by atomic mass is 9.92. The summed E-state index contributed by atoms with van der Waals surface area (Å²) in [6.45, 7) is 137. The standard InChI is InChI=1S/C12H25NO.C9H21N.C8H19N.C8H18O2.C8H18OS.C8H18O.C7H18N2.C7H15NO.C7H16O2.C6H16N2.C6H15NOS.C6H14O2.C6H12O.C5H12O2S.3C5H12.6CH4/c1-12(2,3)14-11-7-10-13-8-5-4-6-9-13;1-6-7-8-10(5)9(2,3)4;1-5-6-7-9-8(2,3)4;1-8(2,3)10-7-5-6-9-4;1-5-6-7-10(9)8(2,3)4;1-5-6-7-9-8(2,3)4;1-7(2,3)9(4)6-5-8;1-7(2,3)6(9)8(4)5;1-7(2,3)9-6-5-8-4;1-6(2,3)8-5-4-7;1-6(2,3)9(8)5-4-7;1-6(2,3)8-5-4-7;1-5(7)6(2,3)4;1-5(2,3)8(4,6)7;3*1-5(2,3)4;;;;;;/h4-11H2,1-3H3;6-8H2,1-5H3;9H,5-7H2,1-4H3;2*5-7H2,1-4H3;5-7H2,1-4H3;5-6,8H2,1-4H3;1-5H3;5-6H2,1-4H3;8H,4-5,7H2,1-3H3;4-5,7H2,1-3H3;7H,4-5H2,1-3H3;1-4H3;1-4H3;3*1-4H3;6*1H4.